The van der Waals surface area contributed by atoms with Crippen LogP contribution < -0.4 is 5.56 Å². The molecule has 3 nitrogen and oxygen atoms in total. The molecule has 1 aromatic heterocycles. The van der Waals surface area contributed by atoms with Crippen molar-refractivity contribution in [1.82, 2.24) is 9.97 Å². The summed E-state index contributed by atoms with van der Waals surface area (Å²) in [5.41, 5.74) is -0.923. The van der Waals surface area contributed by atoms with Gasteiger partial charge in [-0.25, -0.2) is 4.98 Å². The fourth-order valence-corrected chi connectivity index (χ4v) is 2.87. The highest BCUT2D eigenvalue weighted by Gasteiger charge is 2.36. The number of nitrogens with zero attached hydrogens (tertiary/aromatic N) is 1. The second kappa shape index (κ2) is 5.37. The van der Waals surface area contributed by atoms with Crippen molar-refractivity contribution in [2.45, 2.75) is 43.1 Å². The van der Waals surface area contributed by atoms with Crippen LogP contribution in [-0.2, 0) is 6.18 Å². The Bertz CT molecular complexity index is 781. The molecule has 1 saturated carbocycles. The van der Waals surface area contributed by atoms with Crippen LogP contribution in [-0.4, -0.2) is 9.97 Å². The first-order valence-corrected chi connectivity index (χ1v) is 8.02. The van der Waals surface area contributed by atoms with Crippen LogP contribution in [0.25, 0.3) is 10.9 Å². The Balaban J connectivity index is 2.28. The van der Waals surface area contributed by atoms with Crippen molar-refractivity contribution in [1.29, 1.82) is 0 Å². The summed E-state index contributed by atoms with van der Waals surface area (Å²) >= 11 is 3.25. The van der Waals surface area contributed by atoms with E-state index in [1.807, 2.05) is 0 Å². The van der Waals surface area contributed by atoms with Crippen LogP contribution in [0.3, 0.4) is 0 Å². The van der Waals surface area contributed by atoms with Crippen LogP contribution in [0.15, 0.2) is 16.9 Å². The number of nitrogens with one attached hydrogen (secondary N) is 1. The van der Waals surface area contributed by atoms with Crippen molar-refractivity contribution in [2.24, 2.45) is 0 Å². The molecule has 0 bridgehead atoms. The lowest BCUT2D eigenvalue weighted by Crippen LogP contribution is -2.15. The second-order valence-corrected chi connectivity index (χ2v) is 6.66. The van der Waals surface area contributed by atoms with Crippen molar-refractivity contribution >= 4 is 26.8 Å². The molecule has 1 fully saturated rings. The molecular formula is C15H14BrF3N2O. The van der Waals surface area contributed by atoms with E-state index < -0.39 is 16.6 Å². The molecule has 2 aromatic rings. The van der Waals surface area contributed by atoms with Crippen molar-refractivity contribution in [3.05, 3.63) is 39.4 Å². The SMILES string of the molecule is CCC(Br)c1cc2c(=O)[nH]c(C3CC3)nc2cc1C(F)(F)F. The Morgan fingerprint density at radius 3 is 2.64 bits per heavy atom. The number of alkyl halides is 4. The number of aromatic nitrogens is 2. The monoisotopic (exact) mass is 374 g/mol. The van der Waals surface area contributed by atoms with E-state index in [0.29, 0.717) is 12.2 Å². The summed E-state index contributed by atoms with van der Waals surface area (Å²) in [6.45, 7) is 1.78. The third-order valence-electron chi connectivity index (χ3n) is 3.86. The maximum absolute atomic E-state index is 13.3. The van der Waals surface area contributed by atoms with E-state index >= 15 is 0 Å². The molecule has 1 aromatic carbocycles. The lowest BCUT2D eigenvalue weighted by atomic mass is 10.00. The quantitative estimate of drug-likeness (QED) is 0.793. The average Bonchev–Trinajstić information content (AvgIpc) is 3.28. The Morgan fingerprint density at radius 2 is 2.09 bits per heavy atom. The molecule has 0 amide bonds. The molecule has 22 heavy (non-hydrogen) atoms. The van der Waals surface area contributed by atoms with E-state index in [1.54, 1.807) is 6.92 Å². The smallest absolute Gasteiger partial charge is 0.310 e. The van der Waals surface area contributed by atoms with Gasteiger partial charge in [0.25, 0.3) is 5.56 Å². The molecule has 0 spiro atoms. The van der Waals surface area contributed by atoms with Gasteiger partial charge in [-0.15, -0.1) is 0 Å². The molecular weight excluding hydrogens is 361 g/mol. The van der Waals surface area contributed by atoms with Gasteiger partial charge < -0.3 is 4.98 Å². The first-order chi connectivity index (χ1) is 10.3. The molecule has 0 aliphatic heterocycles. The van der Waals surface area contributed by atoms with Crippen LogP contribution in [0.5, 0.6) is 0 Å². The largest absolute Gasteiger partial charge is 0.416 e. The van der Waals surface area contributed by atoms with E-state index in [4.69, 9.17) is 0 Å². The fourth-order valence-electron chi connectivity index (χ4n) is 2.50. The minimum Gasteiger partial charge on any atom is -0.310 e. The topological polar surface area (TPSA) is 45.8 Å². The predicted molar refractivity (Wildman–Crippen MR) is 81.3 cm³/mol. The summed E-state index contributed by atoms with van der Waals surface area (Å²) in [6, 6.07) is 2.30. The number of aromatic amines is 1. The zero-order valence-electron chi connectivity index (χ0n) is 11.8. The van der Waals surface area contributed by atoms with Gasteiger partial charge in [-0.05, 0) is 37.0 Å². The molecule has 1 aliphatic rings. The van der Waals surface area contributed by atoms with Gasteiger partial charge in [0.15, 0.2) is 0 Å². The van der Waals surface area contributed by atoms with E-state index in [1.165, 1.54) is 6.07 Å². The molecule has 118 valence electrons. The summed E-state index contributed by atoms with van der Waals surface area (Å²) in [7, 11) is 0. The van der Waals surface area contributed by atoms with Crippen LogP contribution >= 0.6 is 15.9 Å². The summed E-state index contributed by atoms with van der Waals surface area (Å²) < 4.78 is 39.9. The zero-order chi connectivity index (χ0) is 16.1. The van der Waals surface area contributed by atoms with Gasteiger partial charge in [-0.1, -0.05) is 22.9 Å². The van der Waals surface area contributed by atoms with Gasteiger partial charge in [-0.2, -0.15) is 13.2 Å². The molecule has 1 aliphatic carbocycles. The van der Waals surface area contributed by atoms with Crippen molar-refractivity contribution in [3.63, 3.8) is 0 Å². The van der Waals surface area contributed by atoms with E-state index in [9.17, 15) is 18.0 Å². The minimum atomic E-state index is -4.48. The maximum atomic E-state index is 13.3. The predicted octanol–water partition coefficient (Wildman–Crippen LogP) is 4.67. The molecule has 0 radical (unpaired) electrons. The van der Waals surface area contributed by atoms with Crippen LogP contribution in [0.1, 0.15) is 53.9 Å². The summed E-state index contributed by atoms with van der Waals surface area (Å²) in [5, 5.41) is 0.199. The third kappa shape index (κ3) is 2.78. The number of fused-ring (bicyclic) bond motifs is 1. The van der Waals surface area contributed by atoms with Gasteiger partial charge >= 0.3 is 6.18 Å². The number of hydrogen-bond donors (Lipinski definition) is 1. The molecule has 7 heteroatoms. The molecule has 1 N–H and O–H groups in total. The first kappa shape index (κ1) is 15.5. The Labute approximate surface area is 133 Å². The Hall–Kier alpha value is -1.37. The second-order valence-electron chi connectivity index (χ2n) is 5.56. The standard InChI is InChI=1S/C15H14BrF3N2O/c1-2-11(16)8-5-9-12(6-10(8)15(17,18)19)20-13(7-3-4-7)21-14(9)22/h5-7,11H,2-4H2,1H3,(H,20,21,22). The molecule has 1 unspecified atom stereocenters. The molecule has 1 heterocycles. The normalized spacial score (nSPS) is 17.0. The van der Waals surface area contributed by atoms with Gasteiger partial charge in [0.05, 0.1) is 16.5 Å². The van der Waals surface area contributed by atoms with Crippen molar-refractivity contribution in [2.75, 3.05) is 0 Å². The third-order valence-corrected chi connectivity index (χ3v) is 5.00. The van der Waals surface area contributed by atoms with E-state index in [0.717, 1.165) is 18.9 Å². The number of halogens is 4. The highest BCUT2D eigenvalue weighted by atomic mass is 79.9. The fraction of sp³-hybridized carbons (Fsp3) is 0.467. The molecule has 3 rings (SSSR count). The van der Waals surface area contributed by atoms with Crippen molar-refractivity contribution < 1.29 is 13.2 Å². The van der Waals surface area contributed by atoms with Gasteiger partial charge in [-0.3, -0.25) is 4.79 Å². The van der Waals surface area contributed by atoms with Crippen LogP contribution in [0.4, 0.5) is 13.2 Å². The summed E-state index contributed by atoms with van der Waals surface area (Å²) in [6.07, 6.45) is -2.16. The zero-order valence-corrected chi connectivity index (χ0v) is 13.4. The van der Waals surface area contributed by atoms with Crippen molar-refractivity contribution in [3.8, 4) is 0 Å². The van der Waals surface area contributed by atoms with Gasteiger partial charge in [0.2, 0.25) is 0 Å². The lowest BCUT2D eigenvalue weighted by molar-refractivity contribution is -0.138. The first-order valence-electron chi connectivity index (χ1n) is 7.10. The summed E-state index contributed by atoms with van der Waals surface area (Å²) in [4.78, 5) is 18.6. The average molecular weight is 375 g/mol. The van der Waals surface area contributed by atoms with Gasteiger partial charge in [0.1, 0.15) is 5.82 Å². The number of rotatable bonds is 3. The highest BCUT2D eigenvalue weighted by Crippen LogP contribution is 2.41. The van der Waals surface area contributed by atoms with Crippen LogP contribution in [0.2, 0.25) is 0 Å². The van der Waals surface area contributed by atoms with Crippen LogP contribution in [0, 0.1) is 0 Å². The lowest BCUT2D eigenvalue weighted by Gasteiger charge is -2.17. The molecule has 0 saturated heterocycles. The Kier molecular flexibility index (Phi) is 3.79. The number of hydrogen-bond acceptors (Lipinski definition) is 2. The maximum Gasteiger partial charge on any atom is 0.416 e. The Morgan fingerprint density at radius 1 is 1.41 bits per heavy atom. The van der Waals surface area contributed by atoms with E-state index in [-0.39, 0.29) is 27.9 Å². The van der Waals surface area contributed by atoms with Gasteiger partial charge in [0, 0.05) is 10.7 Å². The highest BCUT2D eigenvalue weighted by molar-refractivity contribution is 9.09. The minimum absolute atomic E-state index is 0.0778. The van der Waals surface area contributed by atoms with E-state index in [2.05, 4.69) is 25.9 Å². The molecule has 1 atom stereocenters. The number of H-pyrrole nitrogens is 1. The summed E-state index contributed by atoms with van der Waals surface area (Å²) in [5.74, 6) is 0.662. The number of benzene rings is 1.